The predicted octanol–water partition coefficient (Wildman–Crippen LogP) is 3.66. The molecule has 2 aromatic carbocycles. The Morgan fingerprint density at radius 1 is 1.04 bits per heavy atom. The molecule has 0 radical (unpaired) electrons. The van der Waals surface area contributed by atoms with Gasteiger partial charge in [-0.2, -0.15) is 0 Å². The highest BCUT2D eigenvalue weighted by Crippen LogP contribution is 2.20. The molecule has 0 aliphatic carbocycles. The van der Waals surface area contributed by atoms with Gasteiger partial charge in [-0.15, -0.1) is 0 Å². The number of benzene rings is 2. The number of carbonyl (C=O) groups is 1. The molecular formula is C18H15ClN2O4S. The lowest BCUT2D eigenvalue weighted by atomic mass is 10.2. The molecule has 0 unspecified atom stereocenters. The van der Waals surface area contributed by atoms with Crippen LogP contribution in [0.4, 0.5) is 5.69 Å². The summed E-state index contributed by atoms with van der Waals surface area (Å²) >= 11 is 5.84. The number of sulfonamides is 1. The molecule has 1 amide bonds. The molecule has 3 aromatic rings. The largest absolute Gasteiger partial charge is 0.467 e. The molecule has 6 nitrogen and oxygen atoms in total. The zero-order chi connectivity index (χ0) is 18.6. The lowest BCUT2D eigenvalue weighted by Crippen LogP contribution is -2.22. The molecule has 0 saturated carbocycles. The predicted molar refractivity (Wildman–Crippen MR) is 98.6 cm³/mol. The summed E-state index contributed by atoms with van der Waals surface area (Å²) in [6, 6.07) is 15.6. The van der Waals surface area contributed by atoms with Crippen LogP contribution >= 0.6 is 11.6 Å². The van der Waals surface area contributed by atoms with E-state index in [0.717, 1.165) is 0 Å². The lowest BCUT2D eigenvalue weighted by molar-refractivity contribution is 0.0948. The van der Waals surface area contributed by atoms with Gasteiger partial charge in [0.1, 0.15) is 5.76 Å². The average Bonchev–Trinajstić information content (AvgIpc) is 3.13. The van der Waals surface area contributed by atoms with Gasteiger partial charge in [-0.05, 0) is 48.5 Å². The molecule has 3 rings (SSSR count). The fourth-order valence-electron chi connectivity index (χ4n) is 2.25. The number of hydrogen-bond acceptors (Lipinski definition) is 4. The van der Waals surface area contributed by atoms with Gasteiger partial charge in [0, 0.05) is 16.3 Å². The van der Waals surface area contributed by atoms with E-state index in [9.17, 15) is 13.2 Å². The van der Waals surface area contributed by atoms with Gasteiger partial charge in [0.2, 0.25) is 0 Å². The van der Waals surface area contributed by atoms with E-state index < -0.39 is 10.0 Å². The Bertz CT molecular complexity index is 1020. The number of amides is 1. The maximum Gasteiger partial charge on any atom is 0.261 e. The summed E-state index contributed by atoms with van der Waals surface area (Å²) < 4.78 is 32.5. The van der Waals surface area contributed by atoms with Gasteiger partial charge in [0.05, 0.1) is 17.7 Å². The Kier molecular flexibility index (Phi) is 5.29. The van der Waals surface area contributed by atoms with Crippen molar-refractivity contribution in [3.8, 4) is 0 Å². The summed E-state index contributed by atoms with van der Waals surface area (Å²) in [5.41, 5.74) is 0.596. The second kappa shape index (κ2) is 7.63. The van der Waals surface area contributed by atoms with Gasteiger partial charge in [-0.3, -0.25) is 9.52 Å². The van der Waals surface area contributed by atoms with Gasteiger partial charge < -0.3 is 9.73 Å². The normalized spacial score (nSPS) is 11.1. The van der Waals surface area contributed by atoms with Crippen molar-refractivity contribution in [3.63, 3.8) is 0 Å². The number of hydrogen-bond donors (Lipinski definition) is 2. The standard InChI is InChI=1S/C18H15ClN2O4S/c19-14-5-2-8-17(11-14)26(23,24)21-15-6-1-4-13(10-15)18(22)20-12-16-7-3-9-25-16/h1-11,21H,12H2,(H,20,22). The van der Waals surface area contributed by atoms with Gasteiger partial charge in [-0.1, -0.05) is 23.7 Å². The Balaban J connectivity index is 1.73. The van der Waals surface area contributed by atoms with Crippen LogP contribution in [-0.2, 0) is 16.6 Å². The second-order valence-corrected chi connectivity index (χ2v) is 7.52. The molecule has 0 saturated heterocycles. The number of nitrogens with one attached hydrogen (secondary N) is 2. The summed E-state index contributed by atoms with van der Waals surface area (Å²) in [5.74, 6) is 0.279. The highest BCUT2D eigenvalue weighted by Gasteiger charge is 2.15. The topological polar surface area (TPSA) is 88.4 Å². The SMILES string of the molecule is O=C(NCc1ccco1)c1cccc(NS(=O)(=O)c2cccc(Cl)c2)c1. The number of rotatable bonds is 6. The molecule has 26 heavy (non-hydrogen) atoms. The molecule has 0 aliphatic rings. The molecule has 0 fully saturated rings. The third-order valence-electron chi connectivity index (χ3n) is 3.49. The fourth-order valence-corrected chi connectivity index (χ4v) is 3.60. The molecule has 2 N–H and O–H groups in total. The van der Waals surface area contributed by atoms with Crippen molar-refractivity contribution in [2.24, 2.45) is 0 Å². The molecule has 134 valence electrons. The van der Waals surface area contributed by atoms with Gasteiger partial charge in [0.15, 0.2) is 0 Å². The summed E-state index contributed by atoms with van der Waals surface area (Å²) in [5, 5.41) is 3.02. The van der Waals surface area contributed by atoms with Crippen LogP contribution in [0.3, 0.4) is 0 Å². The van der Waals surface area contributed by atoms with E-state index in [1.807, 2.05) is 0 Å². The summed E-state index contributed by atoms with van der Waals surface area (Å²) in [7, 11) is -3.81. The Hall–Kier alpha value is -2.77. The molecule has 1 heterocycles. The highest BCUT2D eigenvalue weighted by atomic mass is 35.5. The Labute approximate surface area is 155 Å². The maximum absolute atomic E-state index is 12.4. The first-order valence-electron chi connectivity index (χ1n) is 7.63. The molecule has 0 bridgehead atoms. The van der Waals surface area contributed by atoms with E-state index in [2.05, 4.69) is 10.0 Å². The second-order valence-electron chi connectivity index (χ2n) is 5.41. The van der Waals surface area contributed by atoms with Crippen LogP contribution in [0.5, 0.6) is 0 Å². The minimum Gasteiger partial charge on any atom is -0.467 e. The average molecular weight is 391 g/mol. The molecule has 0 atom stereocenters. The minimum atomic E-state index is -3.81. The van der Waals surface area contributed by atoms with Crippen LogP contribution in [0.25, 0.3) is 0 Å². The van der Waals surface area contributed by atoms with Gasteiger partial charge >= 0.3 is 0 Å². The van der Waals surface area contributed by atoms with Crippen LogP contribution in [0, 0.1) is 0 Å². The first-order chi connectivity index (χ1) is 12.4. The first kappa shape index (κ1) is 18.0. The monoisotopic (exact) mass is 390 g/mol. The molecular weight excluding hydrogens is 376 g/mol. The number of carbonyl (C=O) groups excluding carboxylic acids is 1. The van der Waals surface area contributed by atoms with Gasteiger partial charge in [-0.25, -0.2) is 8.42 Å². The maximum atomic E-state index is 12.4. The van der Waals surface area contributed by atoms with E-state index >= 15 is 0 Å². The van der Waals surface area contributed by atoms with Crippen LogP contribution in [0.2, 0.25) is 5.02 Å². The summed E-state index contributed by atoms with van der Waals surface area (Å²) in [6.07, 6.45) is 1.52. The smallest absolute Gasteiger partial charge is 0.261 e. The van der Waals surface area contributed by atoms with Crippen molar-refractivity contribution >= 4 is 33.2 Å². The van der Waals surface area contributed by atoms with Crippen molar-refractivity contribution in [3.05, 3.63) is 83.3 Å². The zero-order valence-corrected chi connectivity index (χ0v) is 15.0. The number of furan rings is 1. The Morgan fingerprint density at radius 3 is 2.58 bits per heavy atom. The van der Waals surface area contributed by atoms with Crippen molar-refractivity contribution in [1.82, 2.24) is 5.32 Å². The summed E-state index contributed by atoms with van der Waals surface area (Å²) in [4.78, 5) is 12.3. The van der Waals surface area contributed by atoms with E-state index in [0.29, 0.717) is 16.3 Å². The fraction of sp³-hybridized carbons (Fsp3) is 0.0556. The summed E-state index contributed by atoms with van der Waals surface area (Å²) in [6.45, 7) is 0.240. The van der Waals surface area contributed by atoms with Crippen molar-refractivity contribution < 1.29 is 17.6 Å². The Morgan fingerprint density at radius 2 is 1.85 bits per heavy atom. The number of halogens is 1. The quantitative estimate of drug-likeness (QED) is 0.672. The molecule has 0 aliphatic heterocycles. The van der Waals surface area contributed by atoms with Crippen molar-refractivity contribution in [2.45, 2.75) is 11.4 Å². The van der Waals surface area contributed by atoms with Crippen molar-refractivity contribution in [1.29, 1.82) is 0 Å². The van der Waals surface area contributed by atoms with E-state index in [1.165, 1.54) is 24.5 Å². The first-order valence-corrected chi connectivity index (χ1v) is 9.49. The molecule has 0 spiro atoms. The van der Waals surface area contributed by atoms with Crippen LogP contribution in [0.1, 0.15) is 16.1 Å². The molecule has 1 aromatic heterocycles. The lowest BCUT2D eigenvalue weighted by Gasteiger charge is -2.10. The number of anilines is 1. The van der Waals surface area contributed by atoms with Gasteiger partial charge in [0.25, 0.3) is 15.9 Å². The van der Waals surface area contributed by atoms with Crippen LogP contribution in [-0.4, -0.2) is 14.3 Å². The third kappa shape index (κ3) is 4.44. The third-order valence-corrected chi connectivity index (χ3v) is 5.10. The molecule has 8 heteroatoms. The van der Waals surface area contributed by atoms with Crippen LogP contribution < -0.4 is 10.0 Å². The van der Waals surface area contributed by atoms with Crippen molar-refractivity contribution in [2.75, 3.05) is 4.72 Å². The van der Waals surface area contributed by atoms with Crippen LogP contribution in [0.15, 0.2) is 76.2 Å². The van der Waals surface area contributed by atoms with E-state index in [1.54, 1.807) is 42.5 Å². The minimum absolute atomic E-state index is 0.0395. The van der Waals surface area contributed by atoms with E-state index in [4.69, 9.17) is 16.0 Å². The van der Waals surface area contributed by atoms with E-state index in [-0.39, 0.29) is 23.0 Å². The zero-order valence-electron chi connectivity index (χ0n) is 13.5. The highest BCUT2D eigenvalue weighted by molar-refractivity contribution is 7.92.